The van der Waals surface area contributed by atoms with Crippen LogP contribution in [0.15, 0.2) is 0 Å². The van der Waals surface area contributed by atoms with Gasteiger partial charge in [0, 0.05) is 19.4 Å². The quantitative estimate of drug-likeness (QED) is 0.724. The third-order valence-electron chi connectivity index (χ3n) is 2.67. The van der Waals surface area contributed by atoms with Crippen molar-refractivity contribution in [3.05, 3.63) is 11.6 Å². The van der Waals surface area contributed by atoms with Crippen LogP contribution in [-0.4, -0.2) is 33.4 Å². The number of ether oxygens (including phenoxy) is 1. The second-order valence-corrected chi connectivity index (χ2v) is 4.02. The third-order valence-corrected chi connectivity index (χ3v) is 2.67. The number of nitrogens with two attached hydrogens (primary N) is 1. The van der Waals surface area contributed by atoms with Gasteiger partial charge in [-0.05, 0) is 13.3 Å². The van der Waals surface area contributed by atoms with Gasteiger partial charge in [0.15, 0.2) is 5.82 Å². The maximum atomic E-state index is 11.4. The highest BCUT2D eigenvalue weighted by molar-refractivity contribution is 5.75. The molecular formula is C12H22N4O2. The normalized spacial score (nSPS) is 12.4. The summed E-state index contributed by atoms with van der Waals surface area (Å²) in [6.07, 6.45) is 2.14. The Morgan fingerprint density at radius 2 is 2.11 bits per heavy atom. The topological polar surface area (TPSA) is 83.0 Å². The first kappa shape index (κ1) is 14.6. The Bertz CT molecular complexity index is 389. The lowest BCUT2D eigenvalue weighted by Gasteiger charge is -2.11. The molecule has 18 heavy (non-hydrogen) atoms. The molecule has 0 spiro atoms. The van der Waals surface area contributed by atoms with E-state index in [1.54, 1.807) is 6.92 Å². The van der Waals surface area contributed by atoms with Gasteiger partial charge in [-0.1, -0.05) is 13.8 Å². The largest absolute Gasteiger partial charge is 0.465 e. The lowest BCUT2D eigenvalue weighted by atomic mass is 10.2. The van der Waals surface area contributed by atoms with Crippen molar-refractivity contribution in [2.75, 3.05) is 6.61 Å². The maximum Gasteiger partial charge on any atom is 0.322 e. The molecule has 6 nitrogen and oxygen atoms in total. The minimum Gasteiger partial charge on any atom is -0.465 e. The highest BCUT2D eigenvalue weighted by Gasteiger charge is 2.15. The fourth-order valence-electron chi connectivity index (χ4n) is 1.65. The second-order valence-electron chi connectivity index (χ2n) is 4.02. The van der Waals surface area contributed by atoms with E-state index >= 15 is 0 Å². The highest BCUT2D eigenvalue weighted by atomic mass is 16.5. The van der Waals surface area contributed by atoms with Crippen LogP contribution >= 0.6 is 0 Å². The van der Waals surface area contributed by atoms with E-state index in [4.69, 9.17) is 10.5 Å². The van der Waals surface area contributed by atoms with E-state index in [1.165, 1.54) is 0 Å². The highest BCUT2D eigenvalue weighted by Crippen LogP contribution is 2.04. The Morgan fingerprint density at radius 3 is 2.67 bits per heavy atom. The molecule has 6 heteroatoms. The summed E-state index contributed by atoms with van der Waals surface area (Å²) >= 11 is 0. The summed E-state index contributed by atoms with van der Waals surface area (Å²) in [6, 6.07) is -0.594. The Morgan fingerprint density at radius 1 is 1.39 bits per heavy atom. The Balaban J connectivity index is 2.57. The summed E-state index contributed by atoms with van der Waals surface area (Å²) in [5.41, 5.74) is 5.75. The second kappa shape index (κ2) is 7.10. The van der Waals surface area contributed by atoms with Crippen LogP contribution < -0.4 is 5.73 Å². The van der Waals surface area contributed by atoms with Crippen LogP contribution in [0, 0.1) is 0 Å². The summed E-state index contributed by atoms with van der Waals surface area (Å²) in [5, 5.41) is 4.37. The minimum absolute atomic E-state index is 0.355. The van der Waals surface area contributed by atoms with E-state index < -0.39 is 6.04 Å². The number of carbonyl (C=O) groups excluding carboxylic acids is 1. The van der Waals surface area contributed by atoms with Gasteiger partial charge in [-0.3, -0.25) is 4.79 Å². The van der Waals surface area contributed by atoms with Crippen molar-refractivity contribution in [2.24, 2.45) is 5.73 Å². The lowest BCUT2D eigenvalue weighted by Crippen LogP contribution is -2.33. The van der Waals surface area contributed by atoms with E-state index in [2.05, 4.69) is 10.1 Å². The molecule has 0 fully saturated rings. The number of aromatic nitrogens is 3. The van der Waals surface area contributed by atoms with E-state index in [0.29, 0.717) is 19.6 Å². The molecule has 1 heterocycles. The smallest absolute Gasteiger partial charge is 0.322 e. The molecule has 0 radical (unpaired) electrons. The number of hydrogen-bond donors (Lipinski definition) is 1. The van der Waals surface area contributed by atoms with E-state index in [9.17, 15) is 4.79 Å². The van der Waals surface area contributed by atoms with Crippen molar-refractivity contribution >= 4 is 5.97 Å². The molecule has 1 unspecified atom stereocenters. The van der Waals surface area contributed by atoms with Gasteiger partial charge < -0.3 is 10.5 Å². The first-order valence-corrected chi connectivity index (χ1v) is 6.47. The molecule has 1 rings (SSSR count). The third kappa shape index (κ3) is 3.80. The molecule has 0 aliphatic heterocycles. The molecular weight excluding hydrogens is 232 g/mol. The Labute approximate surface area is 108 Å². The monoisotopic (exact) mass is 254 g/mol. The van der Waals surface area contributed by atoms with Gasteiger partial charge in [0.2, 0.25) is 0 Å². The first-order chi connectivity index (χ1) is 8.62. The average molecular weight is 254 g/mol. The zero-order valence-corrected chi connectivity index (χ0v) is 11.3. The van der Waals surface area contributed by atoms with Crippen LogP contribution in [0.3, 0.4) is 0 Å². The van der Waals surface area contributed by atoms with Gasteiger partial charge >= 0.3 is 5.97 Å². The van der Waals surface area contributed by atoms with Crippen molar-refractivity contribution < 1.29 is 9.53 Å². The van der Waals surface area contributed by atoms with E-state index in [1.807, 2.05) is 18.5 Å². The first-order valence-electron chi connectivity index (χ1n) is 6.47. The predicted molar refractivity (Wildman–Crippen MR) is 68.0 cm³/mol. The number of esters is 1. The lowest BCUT2D eigenvalue weighted by molar-refractivity contribution is -0.144. The standard InChI is InChI=1S/C12H22N4O2/c1-4-10-14-11(5-2)16(15-10)8-7-9(13)12(17)18-6-3/h9H,4-8,13H2,1-3H3. The van der Waals surface area contributed by atoms with Crippen LogP contribution in [-0.2, 0) is 28.9 Å². The van der Waals surface area contributed by atoms with Gasteiger partial charge in [-0.2, -0.15) is 5.10 Å². The van der Waals surface area contributed by atoms with Crippen LogP contribution in [0.25, 0.3) is 0 Å². The van der Waals surface area contributed by atoms with E-state index in [0.717, 1.165) is 24.5 Å². The van der Waals surface area contributed by atoms with Gasteiger partial charge in [0.1, 0.15) is 11.9 Å². The van der Waals surface area contributed by atoms with Gasteiger partial charge in [-0.15, -0.1) is 0 Å². The van der Waals surface area contributed by atoms with Crippen molar-refractivity contribution in [2.45, 2.75) is 52.6 Å². The van der Waals surface area contributed by atoms with Crippen LogP contribution in [0.5, 0.6) is 0 Å². The van der Waals surface area contributed by atoms with Crippen molar-refractivity contribution in [3.8, 4) is 0 Å². The van der Waals surface area contributed by atoms with Crippen molar-refractivity contribution in [3.63, 3.8) is 0 Å². The Kier molecular flexibility index (Phi) is 5.77. The zero-order chi connectivity index (χ0) is 13.5. The van der Waals surface area contributed by atoms with Gasteiger partial charge in [-0.25, -0.2) is 9.67 Å². The van der Waals surface area contributed by atoms with E-state index in [-0.39, 0.29) is 5.97 Å². The number of carbonyl (C=O) groups is 1. The van der Waals surface area contributed by atoms with Crippen LogP contribution in [0.2, 0.25) is 0 Å². The Hall–Kier alpha value is -1.43. The van der Waals surface area contributed by atoms with Gasteiger partial charge in [0.05, 0.1) is 6.61 Å². The molecule has 0 saturated carbocycles. The molecule has 0 saturated heterocycles. The fourth-order valence-corrected chi connectivity index (χ4v) is 1.65. The maximum absolute atomic E-state index is 11.4. The SMILES string of the molecule is CCOC(=O)C(N)CCn1nc(CC)nc1CC. The van der Waals surface area contributed by atoms with Crippen molar-refractivity contribution in [1.29, 1.82) is 0 Å². The molecule has 0 bridgehead atoms. The molecule has 0 aliphatic carbocycles. The predicted octanol–water partition coefficient (Wildman–Crippen LogP) is 0.683. The molecule has 2 N–H and O–H groups in total. The molecule has 0 amide bonds. The van der Waals surface area contributed by atoms with Gasteiger partial charge in [0.25, 0.3) is 0 Å². The summed E-state index contributed by atoms with van der Waals surface area (Å²) in [4.78, 5) is 15.8. The molecule has 1 aromatic heterocycles. The zero-order valence-electron chi connectivity index (χ0n) is 11.3. The molecule has 0 aromatic carbocycles. The minimum atomic E-state index is -0.594. The van der Waals surface area contributed by atoms with Crippen molar-refractivity contribution in [1.82, 2.24) is 14.8 Å². The summed E-state index contributed by atoms with van der Waals surface area (Å²) < 4.78 is 6.70. The molecule has 1 atom stereocenters. The summed E-state index contributed by atoms with van der Waals surface area (Å²) in [5.74, 6) is 1.41. The van der Waals surface area contributed by atoms with Crippen LogP contribution in [0.4, 0.5) is 0 Å². The molecule has 1 aromatic rings. The molecule has 0 aliphatic rings. The summed E-state index contributed by atoms with van der Waals surface area (Å²) in [7, 11) is 0. The average Bonchev–Trinajstić information content (AvgIpc) is 2.78. The fraction of sp³-hybridized carbons (Fsp3) is 0.750. The summed E-state index contributed by atoms with van der Waals surface area (Å²) in [6.45, 7) is 6.77. The number of nitrogens with zero attached hydrogens (tertiary/aromatic N) is 3. The number of aryl methyl sites for hydroxylation is 3. The molecule has 102 valence electrons. The number of hydrogen-bond acceptors (Lipinski definition) is 5. The van der Waals surface area contributed by atoms with Crippen LogP contribution in [0.1, 0.15) is 38.8 Å². The number of rotatable bonds is 7.